The number of nitrogens with zero attached hydrogens (tertiary/aromatic N) is 1. The molecule has 2 aromatic rings. The van der Waals surface area contributed by atoms with Gasteiger partial charge < -0.3 is 14.8 Å². The Bertz CT molecular complexity index is 844. The number of halogens is 1. The zero-order valence-electron chi connectivity index (χ0n) is 14.1. The molecule has 2 heterocycles. The number of ether oxygens (including phenoxy) is 2. The maximum absolute atomic E-state index is 6.48. The maximum atomic E-state index is 6.48. The number of thiocarbonyl (C=S) groups is 1. The zero-order valence-corrected chi connectivity index (χ0v) is 15.7. The molecule has 1 N–H and O–H groups in total. The maximum Gasteiger partial charge on any atom is 0.188 e. The SMILES string of the molecule is CCOc1cccc2c1O[C@@]1(C)C[C@H]2NC(=S)N1c1ccccc1Cl. The van der Waals surface area contributed by atoms with Gasteiger partial charge in [-0.05, 0) is 44.3 Å². The molecule has 0 aliphatic carbocycles. The summed E-state index contributed by atoms with van der Waals surface area (Å²) in [5.74, 6) is 1.53. The molecule has 2 aliphatic heterocycles. The molecule has 2 bridgehead atoms. The molecular formula is C19H19ClN2O2S. The molecule has 2 atom stereocenters. The van der Waals surface area contributed by atoms with Gasteiger partial charge in [-0.3, -0.25) is 4.90 Å². The third kappa shape index (κ3) is 2.62. The fourth-order valence-corrected chi connectivity index (χ4v) is 4.28. The van der Waals surface area contributed by atoms with Crippen molar-refractivity contribution in [1.82, 2.24) is 5.32 Å². The smallest absolute Gasteiger partial charge is 0.188 e. The Kier molecular flexibility index (Phi) is 4.01. The van der Waals surface area contributed by atoms with Gasteiger partial charge in [-0.1, -0.05) is 35.9 Å². The predicted molar refractivity (Wildman–Crippen MR) is 104 cm³/mol. The van der Waals surface area contributed by atoms with Crippen molar-refractivity contribution in [1.29, 1.82) is 0 Å². The summed E-state index contributed by atoms with van der Waals surface area (Å²) in [5.41, 5.74) is 1.27. The van der Waals surface area contributed by atoms with Crippen LogP contribution < -0.4 is 19.7 Å². The summed E-state index contributed by atoms with van der Waals surface area (Å²) >= 11 is 12.1. The van der Waals surface area contributed by atoms with Crippen LogP contribution in [0.5, 0.6) is 11.5 Å². The van der Waals surface area contributed by atoms with E-state index < -0.39 is 5.72 Å². The first-order valence-corrected chi connectivity index (χ1v) is 9.12. The number of nitrogens with one attached hydrogen (secondary N) is 1. The minimum atomic E-state index is -0.641. The van der Waals surface area contributed by atoms with E-state index in [2.05, 4.69) is 11.4 Å². The molecule has 0 aromatic heterocycles. The minimum Gasteiger partial charge on any atom is -0.490 e. The average molecular weight is 375 g/mol. The van der Waals surface area contributed by atoms with E-state index in [0.717, 1.165) is 29.2 Å². The van der Waals surface area contributed by atoms with Crippen molar-refractivity contribution in [3.8, 4) is 11.5 Å². The van der Waals surface area contributed by atoms with Crippen LogP contribution >= 0.6 is 23.8 Å². The Hall–Kier alpha value is -1.98. The molecule has 0 saturated carbocycles. The van der Waals surface area contributed by atoms with Crippen molar-refractivity contribution in [3.63, 3.8) is 0 Å². The van der Waals surface area contributed by atoms with Gasteiger partial charge in [0.05, 0.1) is 23.4 Å². The summed E-state index contributed by atoms with van der Waals surface area (Å²) in [5, 5.41) is 4.69. The largest absolute Gasteiger partial charge is 0.490 e. The summed E-state index contributed by atoms with van der Waals surface area (Å²) in [6, 6.07) is 13.7. The molecule has 4 rings (SSSR count). The molecular weight excluding hydrogens is 356 g/mol. The van der Waals surface area contributed by atoms with Crippen LogP contribution in [0.25, 0.3) is 0 Å². The minimum absolute atomic E-state index is 0.0837. The van der Waals surface area contributed by atoms with Gasteiger partial charge in [0.2, 0.25) is 0 Å². The second-order valence-electron chi connectivity index (χ2n) is 6.38. The lowest BCUT2D eigenvalue weighted by atomic mass is 9.90. The number of anilines is 1. The van der Waals surface area contributed by atoms with Crippen molar-refractivity contribution < 1.29 is 9.47 Å². The quantitative estimate of drug-likeness (QED) is 0.789. The highest BCUT2D eigenvalue weighted by Crippen LogP contribution is 2.49. The predicted octanol–water partition coefficient (Wildman–Crippen LogP) is 4.67. The molecule has 2 aromatic carbocycles. The fourth-order valence-electron chi connectivity index (χ4n) is 3.63. The summed E-state index contributed by atoms with van der Waals surface area (Å²) in [7, 11) is 0. The topological polar surface area (TPSA) is 33.7 Å². The van der Waals surface area contributed by atoms with Crippen LogP contribution in [-0.4, -0.2) is 17.4 Å². The Morgan fingerprint density at radius 3 is 2.88 bits per heavy atom. The summed E-state index contributed by atoms with van der Waals surface area (Å²) in [6.45, 7) is 4.59. The molecule has 4 nitrogen and oxygen atoms in total. The van der Waals surface area contributed by atoms with Gasteiger partial charge in [-0.2, -0.15) is 0 Å². The van der Waals surface area contributed by atoms with Crippen LogP contribution in [0.4, 0.5) is 5.69 Å². The molecule has 6 heteroatoms. The zero-order chi connectivity index (χ0) is 17.6. The van der Waals surface area contributed by atoms with E-state index in [1.807, 2.05) is 55.1 Å². The second kappa shape index (κ2) is 6.07. The number of hydrogen-bond donors (Lipinski definition) is 1. The van der Waals surface area contributed by atoms with Crippen LogP contribution in [0.15, 0.2) is 42.5 Å². The molecule has 0 spiro atoms. The van der Waals surface area contributed by atoms with E-state index >= 15 is 0 Å². The highest BCUT2D eigenvalue weighted by atomic mass is 35.5. The van der Waals surface area contributed by atoms with E-state index in [9.17, 15) is 0 Å². The molecule has 1 fully saturated rings. The van der Waals surface area contributed by atoms with E-state index in [4.69, 9.17) is 33.3 Å². The van der Waals surface area contributed by atoms with Crippen molar-refractivity contribution in [3.05, 3.63) is 53.1 Å². The van der Waals surface area contributed by atoms with Gasteiger partial charge in [0.1, 0.15) is 0 Å². The van der Waals surface area contributed by atoms with Gasteiger partial charge in [0.15, 0.2) is 22.3 Å². The van der Waals surface area contributed by atoms with Crippen LogP contribution in [0.1, 0.15) is 31.9 Å². The Labute approximate surface area is 157 Å². The van der Waals surface area contributed by atoms with E-state index in [1.165, 1.54) is 0 Å². The van der Waals surface area contributed by atoms with Crippen LogP contribution in [-0.2, 0) is 0 Å². The van der Waals surface area contributed by atoms with Crippen molar-refractivity contribution in [2.24, 2.45) is 0 Å². The van der Waals surface area contributed by atoms with Gasteiger partial charge >= 0.3 is 0 Å². The van der Waals surface area contributed by atoms with Gasteiger partial charge in [0.25, 0.3) is 0 Å². The number of benzene rings is 2. The monoisotopic (exact) mass is 374 g/mol. The lowest BCUT2D eigenvalue weighted by Crippen LogP contribution is -2.65. The lowest BCUT2D eigenvalue weighted by molar-refractivity contribution is 0.0457. The Morgan fingerprint density at radius 1 is 1.32 bits per heavy atom. The highest BCUT2D eigenvalue weighted by molar-refractivity contribution is 7.80. The standard InChI is InChI=1S/C19H19ClN2O2S/c1-3-23-16-10-6-7-12-14-11-19(2,24-17(12)16)22(18(25)21-14)15-9-5-4-8-13(15)20/h4-10,14H,3,11H2,1-2H3,(H,21,25)/t14-,19+/m1/s1. The number of para-hydroxylation sites is 2. The Morgan fingerprint density at radius 2 is 2.12 bits per heavy atom. The number of hydrogen-bond acceptors (Lipinski definition) is 3. The molecule has 130 valence electrons. The molecule has 1 saturated heterocycles. The summed E-state index contributed by atoms with van der Waals surface area (Å²) in [4.78, 5) is 1.97. The van der Waals surface area contributed by atoms with Crippen molar-refractivity contribution in [2.45, 2.75) is 32.0 Å². The first-order valence-electron chi connectivity index (χ1n) is 8.33. The molecule has 2 aliphatic rings. The van der Waals surface area contributed by atoms with Gasteiger partial charge in [0, 0.05) is 12.0 Å². The third-order valence-corrected chi connectivity index (χ3v) is 5.28. The summed E-state index contributed by atoms with van der Waals surface area (Å²) in [6.07, 6.45) is 0.751. The van der Waals surface area contributed by atoms with Crippen molar-refractivity contribution in [2.75, 3.05) is 11.5 Å². The second-order valence-corrected chi connectivity index (χ2v) is 7.17. The van der Waals surface area contributed by atoms with Crippen LogP contribution in [0.2, 0.25) is 5.02 Å². The van der Waals surface area contributed by atoms with E-state index in [-0.39, 0.29) is 6.04 Å². The van der Waals surface area contributed by atoms with Gasteiger partial charge in [-0.15, -0.1) is 0 Å². The van der Waals surface area contributed by atoms with Crippen molar-refractivity contribution >= 4 is 34.6 Å². The third-order valence-electron chi connectivity index (χ3n) is 4.66. The van der Waals surface area contributed by atoms with Crippen LogP contribution in [0, 0.1) is 0 Å². The average Bonchev–Trinajstić information content (AvgIpc) is 2.57. The molecule has 0 radical (unpaired) electrons. The number of fused-ring (bicyclic) bond motifs is 4. The molecule has 0 unspecified atom stereocenters. The van der Waals surface area contributed by atoms with Gasteiger partial charge in [-0.25, -0.2) is 0 Å². The van der Waals surface area contributed by atoms with Crippen LogP contribution in [0.3, 0.4) is 0 Å². The van der Waals surface area contributed by atoms with E-state index in [1.54, 1.807) is 0 Å². The van der Waals surface area contributed by atoms with E-state index in [0.29, 0.717) is 16.7 Å². The first-order chi connectivity index (χ1) is 12.0. The number of rotatable bonds is 3. The Balaban J connectivity index is 1.82. The lowest BCUT2D eigenvalue weighted by Gasteiger charge is -2.52. The highest BCUT2D eigenvalue weighted by Gasteiger charge is 2.49. The fraction of sp³-hybridized carbons (Fsp3) is 0.316. The summed E-state index contributed by atoms with van der Waals surface area (Å²) < 4.78 is 12.3. The normalized spacial score (nSPS) is 24.2. The first kappa shape index (κ1) is 16.5. The molecule has 0 amide bonds. The molecule has 25 heavy (non-hydrogen) atoms.